The Hall–Kier alpha value is -1.43. The van der Waals surface area contributed by atoms with Gasteiger partial charge in [-0.15, -0.1) is 0 Å². The maximum Gasteiger partial charge on any atom is 0.325 e. The number of hydrogen-bond donors (Lipinski definition) is 1. The van der Waals surface area contributed by atoms with Crippen LogP contribution < -0.4 is 0 Å². The van der Waals surface area contributed by atoms with Gasteiger partial charge in [-0.1, -0.05) is 26.0 Å². The van der Waals surface area contributed by atoms with Gasteiger partial charge in [-0.25, -0.2) is 12.8 Å². The molecule has 110 valence electrons. The van der Waals surface area contributed by atoms with E-state index in [4.69, 9.17) is 0 Å². The van der Waals surface area contributed by atoms with E-state index in [9.17, 15) is 22.7 Å². The van der Waals surface area contributed by atoms with Crippen molar-refractivity contribution in [1.82, 2.24) is 0 Å². The van der Waals surface area contributed by atoms with Gasteiger partial charge in [-0.2, -0.15) is 0 Å². The molecule has 0 spiro atoms. The molecule has 1 aliphatic rings. The summed E-state index contributed by atoms with van der Waals surface area (Å²) in [5, 5.41) is 9.37. The second-order valence-electron chi connectivity index (χ2n) is 5.65. The highest BCUT2D eigenvalue weighted by molar-refractivity contribution is 7.93. The molecule has 2 rings (SSSR count). The van der Waals surface area contributed by atoms with Gasteiger partial charge in [0.2, 0.25) is 0 Å². The molecule has 1 aromatic carbocycles. The summed E-state index contributed by atoms with van der Waals surface area (Å²) in [4.78, 5) is 11.0. The van der Waals surface area contributed by atoms with Crippen LogP contribution in [0.1, 0.15) is 26.7 Å². The summed E-state index contributed by atoms with van der Waals surface area (Å²) >= 11 is 0. The number of carboxylic acid groups (broad SMARTS) is 1. The highest BCUT2D eigenvalue weighted by atomic mass is 32.2. The number of sulfone groups is 1. The number of carboxylic acids is 1. The SMILES string of the molecule is CC(C)C1CC(C(=O)O)(S(=O)(=O)c2ccccc2F)C1. The summed E-state index contributed by atoms with van der Waals surface area (Å²) in [7, 11) is -4.23. The van der Waals surface area contributed by atoms with Crippen LogP contribution in [0.3, 0.4) is 0 Å². The highest BCUT2D eigenvalue weighted by Crippen LogP contribution is 2.50. The molecule has 4 nitrogen and oxygen atoms in total. The number of benzene rings is 1. The van der Waals surface area contributed by atoms with Crippen molar-refractivity contribution >= 4 is 15.8 Å². The van der Waals surface area contributed by atoms with Crippen molar-refractivity contribution in [3.05, 3.63) is 30.1 Å². The summed E-state index contributed by atoms with van der Waals surface area (Å²) in [6.45, 7) is 3.85. The van der Waals surface area contributed by atoms with E-state index in [0.29, 0.717) is 0 Å². The number of aliphatic carboxylic acids is 1. The summed E-state index contributed by atoms with van der Waals surface area (Å²) in [6.07, 6.45) is 0.0767. The minimum absolute atomic E-state index is 0.0349. The lowest BCUT2D eigenvalue weighted by atomic mass is 9.69. The largest absolute Gasteiger partial charge is 0.480 e. The molecule has 0 atom stereocenters. The zero-order valence-electron chi connectivity index (χ0n) is 11.3. The molecule has 20 heavy (non-hydrogen) atoms. The third-order valence-electron chi connectivity index (χ3n) is 4.16. The number of rotatable bonds is 4. The quantitative estimate of drug-likeness (QED) is 0.927. The third-order valence-corrected chi connectivity index (χ3v) is 6.60. The molecule has 1 aromatic rings. The van der Waals surface area contributed by atoms with E-state index in [1.807, 2.05) is 13.8 Å². The average molecular weight is 300 g/mol. The van der Waals surface area contributed by atoms with Crippen LogP contribution in [0, 0.1) is 17.7 Å². The van der Waals surface area contributed by atoms with Gasteiger partial charge in [-0.05, 0) is 36.8 Å². The van der Waals surface area contributed by atoms with Gasteiger partial charge in [0.05, 0.1) is 0 Å². The molecular formula is C14H17FO4S. The molecule has 0 aliphatic heterocycles. The first kappa shape index (κ1) is 15.0. The Morgan fingerprint density at radius 1 is 1.35 bits per heavy atom. The van der Waals surface area contributed by atoms with Crippen molar-refractivity contribution in [1.29, 1.82) is 0 Å². The van der Waals surface area contributed by atoms with Gasteiger partial charge in [-0.3, -0.25) is 4.79 Å². The molecule has 0 saturated heterocycles. The molecule has 6 heteroatoms. The maximum absolute atomic E-state index is 13.7. The first-order valence-electron chi connectivity index (χ1n) is 6.45. The van der Waals surface area contributed by atoms with E-state index in [1.54, 1.807) is 0 Å². The Bertz CT molecular complexity index is 630. The van der Waals surface area contributed by atoms with E-state index >= 15 is 0 Å². The fraction of sp³-hybridized carbons (Fsp3) is 0.500. The Labute approximate surface area is 117 Å². The van der Waals surface area contributed by atoms with Gasteiger partial charge >= 0.3 is 5.97 Å². The second kappa shape index (κ2) is 4.84. The van der Waals surface area contributed by atoms with Crippen LogP contribution >= 0.6 is 0 Å². The molecule has 0 heterocycles. The van der Waals surface area contributed by atoms with Gasteiger partial charge in [0.1, 0.15) is 10.7 Å². The molecule has 0 aromatic heterocycles. The second-order valence-corrected chi connectivity index (χ2v) is 7.87. The van der Waals surface area contributed by atoms with Crippen LogP contribution in [0.25, 0.3) is 0 Å². The lowest BCUT2D eigenvalue weighted by Crippen LogP contribution is -2.57. The average Bonchev–Trinajstić information content (AvgIpc) is 2.26. The van der Waals surface area contributed by atoms with E-state index in [2.05, 4.69) is 0 Å². The normalized spacial score (nSPS) is 26.3. The molecule has 0 amide bonds. The first-order valence-corrected chi connectivity index (χ1v) is 7.93. The van der Waals surface area contributed by atoms with Crippen molar-refractivity contribution in [3.8, 4) is 0 Å². The predicted molar refractivity (Wildman–Crippen MR) is 71.5 cm³/mol. The summed E-state index contributed by atoms with van der Waals surface area (Å²) in [5.41, 5.74) is 0. The van der Waals surface area contributed by atoms with Gasteiger partial charge < -0.3 is 5.11 Å². The predicted octanol–water partition coefficient (Wildman–Crippen LogP) is 2.49. The topological polar surface area (TPSA) is 71.4 Å². The van der Waals surface area contributed by atoms with E-state index in [1.165, 1.54) is 12.1 Å². The Morgan fingerprint density at radius 3 is 2.35 bits per heavy atom. The van der Waals surface area contributed by atoms with Crippen molar-refractivity contribution in [2.45, 2.75) is 36.3 Å². The number of hydrogen-bond acceptors (Lipinski definition) is 3. The Morgan fingerprint density at radius 2 is 1.90 bits per heavy atom. The molecule has 1 saturated carbocycles. The van der Waals surface area contributed by atoms with Crippen molar-refractivity contribution in [3.63, 3.8) is 0 Å². The fourth-order valence-corrected chi connectivity index (χ4v) is 4.74. The highest BCUT2D eigenvalue weighted by Gasteiger charge is 2.61. The van der Waals surface area contributed by atoms with Crippen LogP contribution in [0.15, 0.2) is 29.2 Å². The summed E-state index contributed by atoms with van der Waals surface area (Å²) in [5.74, 6) is -2.05. The van der Waals surface area contributed by atoms with Gasteiger partial charge in [0, 0.05) is 0 Å². The van der Waals surface area contributed by atoms with Crippen LogP contribution in [-0.4, -0.2) is 24.2 Å². The van der Waals surface area contributed by atoms with Crippen molar-refractivity contribution in [2.75, 3.05) is 0 Å². The molecule has 1 N–H and O–H groups in total. The van der Waals surface area contributed by atoms with Gasteiger partial charge in [0.15, 0.2) is 14.6 Å². The smallest absolute Gasteiger partial charge is 0.325 e. The standard InChI is InChI=1S/C14H17FO4S/c1-9(2)10-7-14(8-10,13(16)17)20(18,19)12-6-4-3-5-11(12)15/h3-6,9-10H,7-8H2,1-2H3,(H,16,17). The van der Waals surface area contributed by atoms with Crippen LogP contribution in [0.4, 0.5) is 4.39 Å². The summed E-state index contributed by atoms with van der Waals surface area (Å²) < 4.78 is 36.9. The monoisotopic (exact) mass is 300 g/mol. The van der Waals surface area contributed by atoms with Crippen LogP contribution in [0.2, 0.25) is 0 Å². The number of halogens is 1. The Kier molecular flexibility index (Phi) is 3.62. The maximum atomic E-state index is 13.7. The van der Waals surface area contributed by atoms with Crippen LogP contribution in [-0.2, 0) is 14.6 Å². The summed E-state index contributed by atoms with van der Waals surface area (Å²) in [6, 6.07) is 4.92. The lowest BCUT2D eigenvalue weighted by molar-refractivity contribution is -0.144. The minimum atomic E-state index is -4.23. The van der Waals surface area contributed by atoms with E-state index in [-0.39, 0.29) is 24.7 Å². The molecular weight excluding hydrogens is 283 g/mol. The molecule has 0 bridgehead atoms. The van der Waals surface area contributed by atoms with Crippen molar-refractivity contribution < 1.29 is 22.7 Å². The first-order chi connectivity index (χ1) is 9.22. The molecule has 0 radical (unpaired) electrons. The zero-order valence-corrected chi connectivity index (χ0v) is 12.2. The lowest BCUT2D eigenvalue weighted by Gasteiger charge is -2.45. The van der Waals surface area contributed by atoms with Crippen LogP contribution in [0.5, 0.6) is 0 Å². The molecule has 1 aliphatic carbocycles. The fourth-order valence-electron chi connectivity index (χ4n) is 2.64. The van der Waals surface area contributed by atoms with E-state index < -0.39 is 31.3 Å². The third kappa shape index (κ3) is 2.02. The van der Waals surface area contributed by atoms with E-state index in [0.717, 1.165) is 12.1 Å². The minimum Gasteiger partial charge on any atom is -0.480 e. The Balaban J connectivity index is 2.47. The molecule has 0 unspecified atom stereocenters. The van der Waals surface area contributed by atoms with Gasteiger partial charge in [0.25, 0.3) is 0 Å². The number of carbonyl (C=O) groups is 1. The van der Waals surface area contributed by atoms with Crippen molar-refractivity contribution in [2.24, 2.45) is 11.8 Å². The molecule has 1 fully saturated rings. The zero-order chi connectivity index (χ0) is 15.1.